The second kappa shape index (κ2) is 5.71. The minimum absolute atomic E-state index is 0.414. The predicted octanol–water partition coefficient (Wildman–Crippen LogP) is 2.20. The van der Waals surface area contributed by atoms with Crippen LogP contribution in [-0.4, -0.2) is 13.1 Å². The zero-order chi connectivity index (χ0) is 15.6. The molecule has 0 bridgehead atoms. The topological polar surface area (TPSA) is 88.1 Å². The number of dihydropyridines is 1. The number of para-hydroxylation sites is 1. The summed E-state index contributed by atoms with van der Waals surface area (Å²) in [5, 5.41) is 12.5. The van der Waals surface area contributed by atoms with Crippen LogP contribution < -0.4 is 11.1 Å². The summed E-state index contributed by atoms with van der Waals surface area (Å²) in [6, 6.07) is 9.41. The van der Waals surface area contributed by atoms with Gasteiger partial charge in [0.05, 0.1) is 30.2 Å². The number of anilines is 1. The van der Waals surface area contributed by atoms with Gasteiger partial charge in [0, 0.05) is 17.1 Å². The highest BCUT2D eigenvalue weighted by Gasteiger charge is 2.34. The molecular weight excluding hydrogens is 266 g/mol. The molecule has 0 spiro atoms. The van der Waals surface area contributed by atoms with E-state index in [1.807, 2.05) is 25.1 Å². The first-order valence-corrected chi connectivity index (χ1v) is 6.52. The third-order valence-corrected chi connectivity index (χ3v) is 3.59. The summed E-state index contributed by atoms with van der Waals surface area (Å²) in [7, 11) is 1.32. The van der Waals surface area contributed by atoms with E-state index in [-0.39, 0.29) is 0 Å². The summed E-state index contributed by atoms with van der Waals surface area (Å²) in [5.74, 6) is -0.974. The molecule has 0 radical (unpaired) electrons. The number of rotatable bonds is 2. The van der Waals surface area contributed by atoms with Gasteiger partial charge in [0.1, 0.15) is 0 Å². The first kappa shape index (κ1) is 14.7. The van der Waals surface area contributed by atoms with Crippen LogP contribution in [-0.2, 0) is 9.53 Å². The monoisotopic (exact) mass is 283 g/mol. The summed E-state index contributed by atoms with van der Waals surface area (Å²) >= 11 is 0. The fourth-order valence-corrected chi connectivity index (χ4v) is 2.61. The molecule has 3 N–H and O–H groups in total. The molecule has 0 fully saturated rings. The summed E-state index contributed by atoms with van der Waals surface area (Å²) in [6.45, 7) is 3.60. The van der Waals surface area contributed by atoms with Gasteiger partial charge in [-0.15, -0.1) is 0 Å². The average Bonchev–Trinajstić information content (AvgIpc) is 2.46. The number of carbonyl (C=O) groups excluding carboxylic acids is 1. The number of carbonyl (C=O) groups is 1. The molecule has 5 nitrogen and oxygen atoms in total. The van der Waals surface area contributed by atoms with Crippen molar-refractivity contribution in [2.75, 3.05) is 12.8 Å². The standard InChI is InChI=1S/C16H17N3O2/c1-9-12(8-17)15(11-6-4-5-7-13(11)18)14(10(2)19-9)16(20)21-3/h4-7,15,19H,18H2,1-3H3. The van der Waals surface area contributed by atoms with Crippen molar-refractivity contribution in [1.82, 2.24) is 5.32 Å². The van der Waals surface area contributed by atoms with Gasteiger partial charge in [-0.1, -0.05) is 18.2 Å². The molecular formula is C16H17N3O2. The van der Waals surface area contributed by atoms with E-state index in [2.05, 4.69) is 11.4 Å². The number of nitriles is 1. The lowest BCUT2D eigenvalue weighted by Gasteiger charge is -2.28. The summed E-state index contributed by atoms with van der Waals surface area (Å²) < 4.78 is 4.87. The van der Waals surface area contributed by atoms with Crippen molar-refractivity contribution in [3.63, 3.8) is 0 Å². The van der Waals surface area contributed by atoms with Crippen molar-refractivity contribution < 1.29 is 9.53 Å². The van der Waals surface area contributed by atoms with E-state index in [1.165, 1.54) is 7.11 Å². The third-order valence-electron chi connectivity index (χ3n) is 3.59. The van der Waals surface area contributed by atoms with E-state index in [0.29, 0.717) is 22.5 Å². The zero-order valence-corrected chi connectivity index (χ0v) is 12.2. The molecule has 108 valence electrons. The fraction of sp³-hybridized carbons (Fsp3) is 0.250. The van der Waals surface area contributed by atoms with Gasteiger partial charge >= 0.3 is 5.97 Å². The van der Waals surface area contributed by atoms with Crippen LogP contribution in [0.5, 0.6) is 0 Å². The molecule has 5 heteroatoms. The number of benzene rings is 1. The van der Waals surface area contributed by atoms with Crippen LogP contribution in [0.3, 0.4) is 0 Å². The van der Waals surface area contributed by atoms with Crippen LogP contribution >= 0.6 is 0 Å². The molecule has 21 heavy (non-hydrogen) atoms. The Hall–Kier alpha value is -2.74. The highest BCUT2D eigenvalue weighted by Crippen LogP contribution is 2.40. The van der Waals surface area contributed by atoms with E-state index in [0.717, 1.165) is 11.3 Å². The van der Waals surface area contributed by atoms with Crippen LogP contribution in [0.4, 0.5) is 5.69 Å². The lowest BCUT2D eigenvalue weighted by molar-refractivity contribution is -0.136. The number of nitrogens with zero attached hydrogens (tertiary/aromatic N) is 1. The number of nitrogens with one attached hydrogen (secondary N) is 1. The second-order valence-corrected chi connectivity index (χ2v) is 4.87. The second-order valence-electron chi connectivity index (χ2n) is 4.87. The van der Waals surface area contributed by atoms with Crippen LogP contribution in [0.2, 0.25) is 0 Å². The molecule has 1 aliphatic heterocycles. The Morgan fingerprint density at radius 3 is 2.57 bits per heavy atom. The van der Waals surface area contributed by atoms with E-state index in [9.17, 15) is 10.1 Å². The van der Waals surface area contributed by atoms with Crippen LogP contribution in [0.25, 0.3) is 0 Å². The van der Waals surface area contributed by atoms with Crippen molar-refractivity contribution in [3.05, 3.63) is 52.4 Å². The highest BCUT2D eigenvalue weighted by molar-refractivity contribution is 5.93. The molecule has 1 heterocycles. The van der Waals surface area contributed by atoms with Crippen LogP contribution in [0.1, 0.15) is 25.3 Å². The summed E-state index contributed by atoms with van der Waals surface area (Å²) in [4.78, 5) is 12.1. The van der Waals surface area contributed by atoms with Gasteiger partial charge in [-0.2, -0.15) is 5.26 Å². The minimum Gasteiger partial charge on any atom is -0.466 e. The lowest BCUT2D eigenvalue weighted by Crippen LogP contribution is -2.28. The van der Waals surface area contributed by atoms with Crippen molar-refractivity contribution in [2.24, 2.45) is 0 Å². The van der Waals surface area contributed by atoms with Gasteiger partial charge < -0.3 is 15.8 Å². The molecule has 2 rings (SSSR count). The third kappa shape index (κ3) is 2.48. The number of methoxy groups -OCH3 is 1. The van der Waals surface area contributed by atoms with Crippen LogP contribution in [0.15, 0.2) is 46.8 Å². The maximum absolute atomic E-state index is 12.1. The number of allylic oxidation sites excluding steroid dienone is 3. The lowest BCUT2D eigenvalue weighted by atomic mass is 9.80. The van der Waals surface area contributed by atoms with Crippen molar-refractivity contribution in [2.45, 2.75) is 19.8 Å². The molecule has 0 saturated heterocycles. The molecule has 0 amide bonds. The van der Waals surface area contributed by atoms with Gasteiger partial charge in [0.25, 0.3) is 0 Å². The Bertz CT molecular complexity index is 696. The number of hydrogen-bond donors (Lipinski definition) is 2. The number of nitrogens with two attached hydrogens (primary N) is 1. The minimum atomic E-state index is -0.509. The van der Waals surface area contributed by atoms with Crippen LogP contribution in [0, 0.1) is 11.3 Å². The first-order valence-electron chi connectivity index (χ1n) is 6.52. The molecule has 1 unspecified atom stereocenters. The Morgan fingerprint density at radius 1 is 1.33 bits per heavy atom. The normalized spacial score (nSPS) is 18.1. The van der Waals surface area contributed by atoms with Crippen molar-refractivity contribution >= 4 is 11.7 Å². The first-order chi connectivity index (χ1) is 10.0. The predicted molar refractivity (Wildman–Crippen MR) is 79.8 cm³/mol. The van der Waals surface area contributed by atoms with Crippen molar-refractivity contribution in [3.8, 4) is 6.07 Å². The van der Waals surface area contributed by atoms with E-state index < -0.39 is 11.9 Å². The van der Waals surface area contributed by atoms with E-state index in [4.69, 9.17) is 10.5 Å². The molecule has 1 aliphatic rings. The quantitative estimate of drug-likeness (QED) is 0.641. The van der Waals surface area contributed by atoms with Gasteiger partial charge in [-0.05, 0) is 25.5 Å². The molecule has 0 aromatic heterocycles. The Labute approximate surface area is 123 Å². The van der Waals surface area contributed by atoms with E-state index >= 15 is 0 Å². The summed E-state index contributed by atoms with van der Waals surface area (Å²) in [5.41, 5.74) is 9.58. The van der Waals surface area contributed by atoms with E-state index in [1.54, 1.807) is 13.0 Å². The van der Waals surface area contributed by atoms with Gasteiger partial charge in [0.2, 0.25) is 0 Å². The zero-order valence-electron chi connectivity index (χ0n) is 12.2. The summed E-state index contributed by atoms with van der Waals surface area (Å²) in [6.07, 6.45) is 0. The number of nitrogen functional groups attached to an aromatic ring is 1. The van der Waals surface area contributed by atoms with Crippen molar-refractivity contribution in [1.29, 1.82) is 5.26 Å². The molecule has 1 aromatic rings. The van der Waals surface area contributed by atoms with Gasteiger partial charge in [0.15, 0.2) is 0 Å². The number of esters is 1. The highest BCUT2D eigenvalue weighted by atomic mass is 16.5. The SMILES string of the molecule is COC(=O)C1=C(C)NC(C)=C(C#N)C1c1ccccc1N. The Balaban J connectivity index is 2.70. The van der Waals surface area contributed by atoms with Gasteiger partial charge in [-0.3, -0.25) is 0 Å². The van der Waals surface area contributed by atoms with Gasteiger partial charge in [-0.25, -0.2) is 4.79 Å². The molecule has 0 aliphatic carbocycles. The Morgan fingerprint density at radius 2 is 2.00 bits per heavy atom. The number of hydrogen-bond acceptors (Lipinski definition) is 5. The number of ether oxygens (including phenoxy) is 1. The maximum atomic E-state index is 12.1. The smallest absolute Gasteiger partial charge is 0.336 e. The molecule has 1 atom stereocenters. The fourth-order valence-electron chi connectivity index (χ4n) is 2.61. The average molecular weight is 283 g/mol. The molecule has 1 aromatic carbocycles. The Kier molecular flexibility index (Phi) is 3.99. The maximum Gasteiger partial charge on any atom is 0.336 e. The largest absolute Gasteiger partial charge is 0.466 e. The molecule has 0 saturated carbocycles.